The van der Waals surface area contributed by atoms with Crippen LogP contribution in [-0.2, 0) is 4.79 Å². The molecule has 168 valence electrons. The number of nitrogens with one attached hydrogen (secondary N) is 1. The number of carboxylic acids is 1. The summed E-state index contributed by atoms with van der Waals surface area (Å²) in [5.74, 6) is -0.327. The number of halogens is 1. The molecule has 1 aromatic rings. The van der Waals surface area contributed by atoms with Gasteiger partial charge in [0.25, 0.3) is 0 Å². The topological polar surface area (TPSA) is 52.6 Å². The molecule has 0 spiro atoms. The summed E-state index contributed by atoms with van der Waals surface area (Å²) in [6, 6.07) is 8.30. The summed E-state index contributed by atoms with van der Waals surface area (Å²) in [5, 5.41) is 13.1. The van der Waals surface area contributed by atoms with Crippen LogP contribution in [0.25, 0.3) is 11.1 Å². The molecule has 0 radical (unpaired) electrons. The van der Waals surface area contributed by atoms with Gasteiger partial charge in [0.05, 0.1) is 5.57 Å². The van der Waals surface area contributed by atoms with Crippen LogP contribution >= 0.6 is 11.6 Å². The van der Waals surface area contributed by atoms with Gasteiger partial charge in [-0.05, 0) is 72.1 Å². The summed E-state index contributed by atoms with van der Waals surface area (Å²) in [6.07, 6.45) is 13.3. The average molecular weight is 451 g/mol. The van der Waals surface area contributed by atoms with Crippen molar-refractivity contribution in [1.29, 1.82) is 0 Å². The summed E-state index contributed by atoms with van der Waals surface area (Å²) in [6.45, 7) is 8.24. The fourth-order valence-electron chi connectivity index (χ4n) is 3.90. The van der Waals surface area contributed by atoms with Crippen LogP contribution in [0.15, 0.2) is 83.5 Å². The summed E-state index contributed by atoms with van der Waals surface area (Å²) in [4.78, 5) is 13.0. The van der Waals surface area contributed by atoms with Crippen LogP contribution in [0.1, 0.15) is 50.7 Å². The molecule has 1 heterocycles. The minimum absolute atomic E-state index is 0.188. The lowest BCUT2D eigenvalue weighted by atomic mass is 9.91. The van der Waals surface area contributed by atoms with Gasteiger partial charge in [0.15, 0.2) is 0 Å². The van der Waals surface area contributed by atoms with Crippen molar-refractivity contribution in [3.05, 3.63) is 94.6 Å². The van der Waals surface area contributed by atoms with Crippen molar-refractivity contribution in [2.45, 2.75) is 39.5 Å². The first kappa shape index (κ1) is 23.7. The Bertz CT molecular complexity index is 1060. The van der Waals surface area contributed by atoms with Gasteiger partial charge < -0.3 is 15.3 Å². The normalized spacial score (nSPS) is 17.8. The predicted octanol–water partition coefficient (Wildman–Crippen LogP) is 6.66. The molecule has 1 fully saturated rings. The van der Waals surface area contributed by atoms with Crippen LogP contribution in [0.4, 0.5) is 0 Å². The van der Waals surface area contributed by atoms with Crippen molar-refractivity contribution in [1.82, 2.24) is 10.2 Å². The third kappa shape index (κ3) is 5.25. The quantitative estimate of drug-likeness (QED) is 0.326. The van der Waals surface area contributed by atoms with E-state index >= 15 is 0 Å². The smallest absolute Gasteiger partial charge is 0.335 e. The van der Waals surface area contributed by atoms with Gasteiger partial charge in [-0.15, -0.1) is 0 Å². The molecule has 0 amide bonds. The van der Waals surface area contributed by atoms with Crippen LogP contribution in [0.5, 0.6) is 0 Å². The Balaban J connectivity index is 2.02. The maximum Gasteiger partial charge on any atom is 0.335 e. The molecule has 3 rings (SSSR count). The van der Waals surface area contributed by atoms with Crippen molar-refractivity contribution >= 4 is 28.7 Å². The van der Waals surface area contributed by atoms with Gasteiger partial charge in [0.1, 0.15) is 5.16 Å². The first-order valence-corrected chi connectivity index (χ1v) is 11.5. The second kappa shape index (κ2) is 10.6. The van der Waals surface area contributed by atoms with E-state index in [2.05, 4.69) is 56.1 Å². The van der Waals surface area contributed by atoms with Crippen LogP contribution in [0.2, 0.25) is 0 Å². The zero-order chi connectivity index (χ0) is 23.3. The standard InChI is InChI=1S/C27H31ClN2O2/c1-5-19(13-14-25(29-4)20-11-12-20)23-9-7-8-10-24(23)22(6-2)26(28)30-16-15-21(27(31)32)17-18(30)3/h7-10,13-17,20,29H,3,5-6,11-12H2,1-2,4H3,(H,31,32)/b19-13+,25-14-,26-22+. The lowest BCUT2D eigenvalue weighted by Gasteiger charge is -2.26. The lowest BCUT2D eigenvalue weighted by molar-refractivity contribution is -0.132. The molecular formula is C27H31ClN2O2. The molecule has 0 saturated heterocycles. The van der Waals surface area contributed by atoms with Crippen LogP contribution in [0.3, 0.4) is 0 Å². The van der Waals surface area contributed by atoms with E-state index < -0.39 is 5.97 Å². The van der Waals surface area contributed by atoms with Crippen molar-refractivity contribution in [3.63, 3.8) is 0 Å². The Kier molecular flexibility index (Phi) is 7.81. The molecule has 1 aliphatic carbocycles. The fourth-order valence-corrected chi connectivity index (χ4v) is 4.30. The largest absolute Gasteiger partial charge is 0.478 e. The van der Waals surface area contributed by atoms with E-state index in [1.165, 1.54) is 36.3 Å². The molecule has 5 heteroatoms. The summed E-state index contributed by atoms with van der Waals surface area (Å²) in [5.41, 5.74) is 6.45. The minimum atomic E-state index is -0.985. The van der Waals surface area contributed by atoms with Gasteiger partial charge in [0, 0.05) is 24.6 Å². The second-order valence-electron chi connectivity index (χ2n) is 7.94. The number of benzene rings is 1. The van der Waals surface area contributed by atoms with Crippen molar-refractivity contribution in [2.75, 3.05) is 7.05 Å². The average Bonchev–Trinajstić information content (AvgIpc) is 3.63. The van der Waals surface area contributed by atoms with E-state index in [-0.39, 0.29) is 5.57 Å². The summed E-state index contributed by atoms with van der Waals surface area (Å²) < 4.78 is 0. The minimum Gasteiger partial charge on any atom is -0.478 e. The highest BCUT2D eigenvalue weighted by atomic mass is 35.5. The van der Waals surface area contributed by atoms with Crippen molar-refractivity contribution < 1.29 is 9.90 Å². The number of rotatable bonds is 9. The van der Waals surface area contributed by atoms with Gasteiger partial charge in [-0.1, -0.05) is 62.4 Å². The van der Waals surface area contributed by atoms with Crippen molar-refractivity contribution in [3.8, 4) is 0 Å². The SMILES string of the molecule is C=C1C=C(C(=O)O)C=CN1/C(Cl)=C(\CC)c1ccccc1/C(=C/C=C(\NC)C1CC1)CC. The highest BCUT2D eigenvalue weighted by Crippen LogP contribution is 2.37. The predicted molar refractivity (Wildman–Crippen MR) is 133 cm³/mol. The lowest BCUT2D eigenvalue weighted by Crippen LogP contribution is -2.17. The molecule has 0 aromatic heterocycles. The molecule has 0 bridgehead atoms. The molecule has 32 heavy (non-hydrogen) atoms. The summed E-state index contributed by atoms with van der Waals surface area (Å²) in [7, 11) is 1.98. The number of aliphatic carboxylic acids is 1. The van der Waals surface area contributed by atoms with Gasteiger partial charge in [-0.2, -0.15) is 0 Å². The Hall–Kier alpha value is -2.98. The van der Waals surface area contributed by atoms with E-state index in [9.17, 15) is 9.90 Å². The van der Waals surface area contributed by atoms with Crippen molar-refractivity contribution in [2.24, 2.45) is 5.92 Å². The Morgan fingerprint density at radius 2 is 1.91 bits per heavy atom. The highest BCUT2D eigenvalue weighted by molar-refractivity contribution is 6.32. The second-order valence-corrected chi connectivity index (χ2v) is 8.30. The third-order valence-corrected chi connectivity index (χ3v) is 6.25. The van der Waals surface area contributed by atoms with E-state index in [0.29, 0.717) is 16.8 Å². The summed E-state index contributed by atoms with van der Waals surface area (Å²) >= 11 is 6.88. The number of nitrogens with zero attached hydrogens (tertiary/aromatic N) is 1. The Labute approximate surface area is 196 Å². The molecule has 1 aliphatic heterocycles. The zero-order valence-electron chi connectivity index (χ0n) is 19.0. The van der Waals surface area contributed by atoms with Gasteiger partial charge in [-0.3, -0.25) is 0 Å². The van der Waals surface area contributed by atoms with E-state index in [4.69, 9.17) is 11.6 Å². The first-order valence-electron chi connectivity index (χ1n) is 11.1. The number of carbonyl (C=O) groups is 1. The molecule has 2 aliphatic rings. The van der Waals surface area contributed by atoms with Gasteiger partial charge >= 0.3 is 5.97 Å². The molecular weight excluding hydrogens is 420 g/mol. The first-order chi connectivity index (χ1) is 15.4. The molecule has 0 atom stereocenters. The number of hydrogen-bond donors (Lipinski definition) is 2. The molecule has 0 unspecified atom stereocenters. The van der Waals surface area contributed by atoms with Gasteiger partial charge in [0.2, 0.25) is 0 Å². The molecule has 2 N–H and O–H groups in total. The van der Waals surface area contributed by atoms with E-state index in [1.54, 1.807) is 11.1 Å². The van der Waals surface area contributed by atoms with E-state index in [1.807, 2.05) is 13.1 Å². The Morgan fingerprint density at radius 1 is 1.22 bits per heavy atom. The number of carboxylic acid groups (broad SMARTS) is 1. The Morgan fingerprint density at radius 3 is 2.44 bits per heavy atom. The maximum atomic E-state index is 11.3. The fraction of sp³-hybridized carbons (Fsp3) is 0.296. The molecule has 1 aromatic carbocycles. The van der Waals surface area contributed by atoms with Crippen LogP contribution in [-0.4, -0.2) is 23.0 Å². The van der Waals surface area contributed by atoms with Crippen LogP contribution in [0, 0.1) is 5.92 Å². The third-order valence-electron chi connectivity index (χ3n) is 5.84. The maximum absolute atomic E-state index is 11.3. The monoisotopic (exact) mass is 450 g/mol. The van der Waals surface area contributed by atoms with Gasteiger partial charge in [-0.25, -0.2) is 4.79 Å². The zero-order valence-corrected chi connectivity index (χ0v) is 19.7. The molecule has 4 nitrogen and oxygen atoms in total. The van der Waals surface area contributed by atoms with Crippen LogP contribution < -0.4 is 5.32 Å². The number of hydrogen-bond acceptors (Lipinski definition) is 3. The van der Waals surface area contributed by atoms with E-state index in [0.717, 1.165) is 29.5 Å². The highest BCUT2D eigenvalue weighted by Gasteiger charge is 2.25. The number of allylic oxidation sites excluding steroid dienone is 6. The molecule has 1 saturated carbocycles.